The Hall–Kier alpha value is -0.770. The van der Waals surface area contributed by atoms with Gasteiger partial charge in [0.2, 0.25) is 0 Å². The van der Waals surface area contributed by atoms with E-state index in [4.69, 9.17) is 10.5 Å². The van der Waals surface area contributed by atoms with Gasteiger partial charge in [0.15, 0.2) is 5.96 Å². The van der Waals surface area contributed by atoms with Crippen LogP contribution in [0.2, 0.25) is 0 Å². The minimum atomic E-state index is -0.0409. The van der Waals surface area contributed by atoms with Gasteiger partial charge in [-0.15, -0.1) is 0 Å². The number of nitrogens with two attached hydrogens (primary N) is 1. The van der Waals surface area contributed by atoms with E-state index in [-0.39, 0.29) is 11.6 Å². The normalized spacial score (nSPS) is 22.9. The number of nitrogens with zero attached hydrogens (tertiary/aromatic N) is 2. The van der Waals surface area contributed by atoms with Crippen molar-refractivity contribution in [3.05, 3.63) is 0 Å². The molecule has 2 N–H and O–H groups in total. The molecule has 0 aromatic heterocycles. The SMILES string of the molecule is CC(C)N=C(N)N1CCOCC1(C)C. The molecule has 0 bridgehead atoms. The summed E-state index contributed by atoms with van der Waals surface area (Å²) in [6.07, 6.45) is 0. The number of hydrogen-bond donors (Lipinski definition) is 1. The molecule has 1 aliphatic rings. The third-order valence-corrected chi connectivity index (χ3v) is 2.31. The average molecular weight is 199 g/mol. The van der Waals surface area contributed by atoms with Crippen molar-refractivity contribution in [3.63, 3.8) is 0 Å². The Balaban J connectivity index is 2.74. The largest absolute Gasteiger partial charge is 0.377 e. The van der Waals surface area contributed by atoms with Crippen LogP contribution in [0.15, 0.2) is 4.99 Å². The first kappa shape index (κ1) is 11.3. The van der Waals surface area contributed by atoms with E-state index in [1.807, 2.05) is 13.8 Å². The molecule has 82 valence electrons. The van der Waals surface area contributed by atoms with Gasteiger partial charge in [0.1, 0.15) is 0 Å². The van der Waals surface area contributed by atoms with E-state index in [0.717, 1.165) is 13.2 Å². The predicted molar refractivity (Wildman–Crippen MR) is 58.4 cm³/mol. The Morgan fingerprint density at radius 1 is 1.50 bits per heavy atom. The van der Waals surface area contributed by atoms with Crippen molar-refractivity contribution < 1.29 is 4.74 Å². The van der Waals surface area contributed by atoms with Crippen molar-refractivity contribution >= 4 is 5.96 Å². The minimum Gasteiger partial charge on any atom is -0.377 e. The molecule has 0 aliphatic carbocycles. The molecule has 4 heteroatoms. The van der Waals surface area contributed by atoms with E-state index in [0.29, 0.717) is 12.6 Å². The summed E-state index contributed by atoms with van der Waals surface area (Å²) in [5, 5.41) is 0. The molecule has 0 saturated carbocycles. The fourth-order valence-electron chi connectivity index (χ4n) is 1.62. The molecule has 1 heterocycles. The van der Waals surface area contributed by atoms with E-state index in [9.17, 15) is 0 Å². The minimum absolute atomic E-state index is 0.0409. The summed E-state index contributed by atoms with van der Waals surface area (Å²) in [7, 11) is 0. The van der Waals surface area contributed by atoms with Gasteiger partial charge in [0.25, 0.3) is 0 Å². The van der Waals surface area contributed by atoms with Gasteiger partial charge in [-0.1, -0.05) is 0 Å². The van der Waals surface area contributed by atoms with E-state index in [2.05, 4.69) is 23.7 Å². The van der Waals surface area contributed by atoms with Crippen LogP contribution in [0.25, 0.3) is 0 Å². The van der Waals surface area contributed by atoms with E-state index in [1.54, 1.807) is 0 Å². The highest BCUT2D eigenvalue weighted by molar-refractivity contribution is 5.79. The molecule has 0 amide bonds. The van der Waals surface area contributed by atoms with Crippen molar-refractivity contribution in [1.29, 1.82) is 0 Å². The lowest BCUT2D eigenvalue weighted by molar-refractivity contribution is -0.0157. The maximum Gasteiger partial charge on any atom is 0.192 e. The number of hydrogen-bond acceptors (Lipinski definition) is 2. The van der Waals surface area contributed by atoms with Crippen LogP contribution in [0.1, 0.15) is 27.7 Å². The Kier molecular flexibility index (Phi) is 3.37. The number of rotatable bonds is 1. The summed E-state index contributed by atoms with van der Waals surface area (Å²) in [5.41, 5.74) is 5.90. The summed E-state index contributed by atoms with van der Waals surface area (Å²) in [6, 6.07) is 0.244. The van der Waals surface area contributed by atoms with Crippen molar-refractivity contribution in [2.75, 3.05) is 19.8 Å². The Morgan fingerprint density at radius 3 is 2.64 bits per heavy atom. The molecule has 0 aromatic rings. The summed E-state index contributed by atoms with van der Waals surface area (Å²) in [4.78, 5) is 6.48. The first-order chi connectivity index (χ1) is 6.43. The molecule has 1 aliphatic heterocycles. The molecule has 0 radical (unpaired) electrons. The summed E-state index contributed by atoms with van der Waals surface area (Å²) < 4.78 is 5.42. The van der Waals surface area contributed by atoms with Crippen molar-refractivity contribution in [1.82, 2.24) is 4.90 Å². The smallest absolute Gasteiger partial charge is 0.192 e. The van der Waals surface area contributed by atoms with Gasteiger partial charge >= 0.3 is 0 Å². The molecule has 1 saturated heterocycles. The molecule has 1 rings (SSSR count). The number of morpholine rings is 1. The molecular weight excluding hydrogens is 178 g/mol. The Bertz CT molecular complexity index is 223. The third kappa shape index (κ3) is 2.61. The first-order valence-corrected chi connectivity index (χ1v) is 5.12. The van der Waals surface area contributed by atoms with Crippen LogP contribution in [-0.2, 0) is 4.74 Å². The van der Waals surface area contributed by atoms with Gasteiger partial charge in [0, 0.05) is 12.6 Å². The lowest BCUT2D eigenvalue weighted by Crippen LogP contribution is -2.58. The van der Waals surface area contributed by atoms with E-state index < -0.39 is 0 Å². The zero-order valence-corrected chi connectivity index (χ0v) is 9.58. The number of ether oxygens (including phenoxy) is 1. The zero-order valence-electron chi connectivity index (χ0n) is 9.58. The van der Waals surface area contributed by atoms with Crippen molar-refractivity contribution in [3.8, 4) is 0 Å². The molecule has 0 atom stereocenters. The van der Waals surface area contributed by atoms with Crippen LogP contribution in [0.4, 0.5) is 0 Å². The second kappa shape index (κ2) is 4.17. The van der Waals surface area contributed by atoms with Crippen molar-refractivity contribution in [2.45, 2.75) is 39.3 Å². The maximum atomic E-state index is 5.95. The van der Waals surface area contributed by atoms with E-state index in [1.165, 1.54) is 0 Å². The highest BCUT2D eigenvalue weighted by Gasteiger charge is 2.31. The molecular formula is C10H21N3O. The summed E-state index contributed by atoms with van der Waals surface area (Å²) in [6.45, 7) is 10.6. The maximum absolute atomic E-state index is 5.95. The topological polar surface area (TPSA) is 50.8 Å². The standard InChI is InChI=1S/C10H21N3O/c1-8(2)12-9(11)13-5-6-14-7-10(13,3)4/h8H,5-7H2,1-4H3,(H2,11,12). The van der Waals surface area contributed by atoms with Gasteiger partial charge in [0.05, 0.1) is 18.8 Å². The monoisotopic (exact) mass is 199 g/mol. The molecule has 0 aromatic carbocycles. The first-order valence-electron chi connectivity index (χ1n) is 5.12. The number of aliphatic imine (C=N–C) groups is 1. The second-order valence-electron chi connectivity index (χ2n) is 4.60. The Labute approximate surface area is 86.1 Å². The zero-order chi connectivity index (χ0) is 10.8. The van der Waals surface area contributed by atoms with Gasteiger partial charge in [-0.3, -0.25) is 4.99 Å². The van der Waals surface area contributed by atoms with Crippen LogP contribution in [0, 0.1) is 0 Å². The molecule has 14 heavy (non-hydrogen) atoms. The van der Waals surface area contributed by atoms with Crippen molar-refractivity contribution in [2.24, 2.45) is 10.7 Å². The lowest BCUT2D eigenvalue weighted by atomic mass is 10.0. The molecule has 0 spiro atoms. The second-order valence-corrected chi connectivity index (χ2v) is 4.60. The average Bonchev–Trinajstić information content (AvgIpc) is 2.01. The number of guanidine groups is 1. The highest BCUT2D eigenvalue weighted by atomic mass is 16.5. The lowest BCUT2D eigenvalue weighted by Gasteiger charge is -2.42. The van der Waals surface area contributed by atoms with Crippen LogP contribution < -0.4 is 5.73 Å². The Morgan fingerprint density at radius 2 is 2.14 bits per heavy atom. The fourth-order valence-corrected chi connectivity index (χ4v) is 1.62. The van der Waals surface area contributed by atoms with Crippen LogP contribution in [0.3, 0.4) is 0 Å². The van der Waals surface area contributed by atoms with Crippen LogP contribution in [-0.4, -0.2) is 42.2 Å². The summed E-state index contributed by atoms with van der Waals surface area (Å²) >= 11 is 0. The molecule has 0 unspecified atom stereocenters. The predicted octanol–water partition coefficient (Wildman–Crippen LogP) is 0.820. The third-order valence-electron chi connectivity index (χ3n) is 2.31. The van der Waals surface area contributed by atoms with Gasteiger partial charge in [-0.25, -0.2) is 0 Å². The van der Waals surface area contributed by atoms with Gasteiger partial charge in [-0.2, -0.15) is 0 Å². The van der Waals surface area contributed by atoms with Crippen LogP contribution in [0.5, 0.6) is 0 Å². The fraction of sp³-hybridized carbons (Fsp3) is 0.900. The molecule has 1 fully saturated rings. The van der Waals surface area contributed by atoms with E-state index >= 15 is 0 Å². The van der Waals surface area contributed by atoms with Gasteiger partial charge < -0.3 is 15.4 Å². The quantitative estimate of drug-likeness (QED) is 0.502. The highest BCUT2D eigenvalue weighted by Crippen LogP contribution is 2.18. The van der Waals surface area contributed by atoms with Crippen LogP contribution >= 0.6 is 0 Å². The summed E-state index contributed by atoms with van der Waals surface area (Å²) in [5.74, 6) is 0.633. The van der Waals surface area contributed by atoms with Gasteiger partial charge in [-0.05, 0) is 27.7 Å². The molecule has 4 nitrogen and oxygen atoms in total.